The van der Waals surface area contributed by atoms with Crippen LogP contribution in [0.25, 0.3) is 0 Å². The first-order chi connectivity index (χ1) is 3.83. The lowest BCUT2D eigenvalue weighted by Crippen LogP contribution is -2.73. The molecule has 1 rings (SSSR count). The SMILES string of the molecule is CCC1=CC(Br)=N[NH2+]1. The van der Waals surface area contributed by atoms with Gasteiger partial charge in [-0.3, -0.25) is 0 Å². The summed E-state index contributed by atoms with van der Waals surface area (Å²) in [6, 6.07) is 0. The second-order valence-corrected chi connectivity index (χ2v) is 2.47. The summed E-state index contributed by atoms with van der Waals surface area (Å²) in [6.07, 6.45) is 3.10. The number of nitrogens with zero attached hydrogens (tertiary/aromatic N) is 1. The highest BCUT2D eigenvalue weighted by Crippen LogP contribution is 1.99. The Bertz CT molecular complexity index is 149. The predicted octanol–water partition coefficient (Wildman–Crippen LogP) is 0.566. The quantitative estimate of drug-likeness (QED) is 0.566. The molecule has 0 aromatic carbocycles. The molecule has 0 aromatic rings. The van der Waals surface area contributed by atoms with Gasteiger partial charge < -0.3 is 0 Å². The summed E-state index contributed by atoms with van der Waals surface area (Å²) in [5, 5.41) is 4.00. The van der Waals surface area contributed by atoms with Crippen LogP contribution < -0.4 is 5.43 Å². The van der Waals surface area contributed by atoms with E-state index in [-0.39, 0.29) is 0 Å². The van der Waals surface area contributed by atoms with Gasteiger partial charge in [-0.25, -0.2) is 0 Å². The number of hydrogen-bond acceptors (Lipinski definition) is 1. The standard InChI is InChI=1S/C5H7BrN2/c1-2-4-3-5(6)8-7-4/h3H,2H2,1H3,(H,7,8)/p+1. The molecule has 0 spiro atoms. The zero-order valence-electron chi connectivity index (χ0n) is 4.69. The summed E-state index contributed by atoms with van der Waals surface area (Å²) < 4.78 is 0.939. The maximum absolute atomic E-state index is 4.00. The van der Waals surface area contributed by atoms with Crippen LogP contribution in [0.4, 0.5) is 0 Å². The minimum atomic E-state index is 0.939. The lowest BCUT2D eigenvalue weighted by molar-refractivity contribution is -0.610. The van der Waals surface area contributed by atoms with E-state index in [4.69, 9.17) is 0 Å². The first kappa shape index (κ1) is 5.98. The maximum Gasteiger partial charge on any atom is 0.167 e. The van der Waals surface area contributed by atoms with Gasteiger partial charge in [0, 0.05) is 12.5 Å². The second kappa shape index (κ2) is 2.42. The van der Waals surface area contributed by atoms with Crippen molar-refractivity contribution in [1.82, 2.24) is 0 Å². The predicted molar refractivity (Wildman–Crippen MR) is 36.7 cm³/mol. The van der Waals surface area contributed by atoms with Crippen LogP contribution in [-0.4, -0.2) is 4.62 Å². The van der Waals surface area contributed by atoms with Gasteiger partial charge in [0.25, 0.3) is 0 Å². The van der Waals surface area contributed by atoms with E-state index in [2.05, 4.69) is 28.0 Å². The average Bonchev–Trinajstić information content (AvgIpc) is 2.14. The molecule has 0 aliphatic carbocycles. The minimum absolute atomic E-state index is 0.939. The summed E-state index contributed by atoms with van der Waals surface area (Å²) in [6.45, 7) is 2.11. The number of halogens is 1. The molecule has 0 fully saturated rings. The van der Waals surface area contributed by atoms with Gasteiger partial charge >= 0.3 is 0 Å². The van der Waals surface area contributed by atoms with Crippen molar-refractivity contribution in [3.05, 3.63) is 11.8 Å². The molecule has 1 heterocycles. The summed E-state index contributed by atoms with van der Waals surface area (Å²) in [5.41, 5.74) is 3.17. The Morgan fingerprint density at radius 1 is 1.88 bits per heavy atom. The summed E-state index contributed by atoms with van der Waals surface area (Å²) in [5.74, 6) is 0. The van der Waals surface area contributed by atoms with Crippen molar-refractivity contribution in [2.24, 2.45) is 5.10 Å². The van der Waals surface area contributed by atoms with Gasteiger partial charge in [0.05, 0.1) is 0 Å². The smallest absolute Gasteiger partial charge is 0.167 e. The lowest BCUT2D eigenvalue weighted by Gasteiger charge is -1.83. The first-order valence-corrected chi connectivity index (χ1v) is 3.39. The molecule has 3 heteroatoms. The molecule has 8 heavy (non-hydrogen) atoms. The normalized spacial score (nSPS) is 18.2. The monoisotopic (exact) mass is 175 g/mol. The average molecular weight is 176 g/mol. The van der Waals surface area contributed by atoms with Crippen LogP contribution in [0.1, 0.15) is 13.3 Å². The molecule has 0 saturated carbocycles. The Morgan fingerprint density at radius 2 is 2.62 bits per heavy atom. The van der Waals surface area contributed by atoms with E-state index in [1.807, 2.05) is 11.5 Å². The Balaban J connectivity index is 2.56. The van der Waals surface area contributed by atoms with Gasteiger partial charge in [0.1, 0.15) is 5.70 Å². The molecule has 0 unspecified atom stereocenters. The van der Waals surface area contributed by atoms with E-state index in [0.717, 1.165) is 11.0 Å². The maximum atomic E-state index is 4.00. The molecule has 0 bridgehead atoms. The van der Waals surface area contributed by atoms with Crippen LogP contribution in [0, 0.1) is 0 Å². The molecule has 1 aliphatic rings. The molecule has 2 N–H and O–H groups in total. The third-order valence-corrected chi connectivity index (χ3v) is 1.50. The van der Waals surface area contributed by atoms with Crippen LogP contribution in [0.15, 0.2) is 16.9 Å². The van der Waals surface area contributed by atoms with Crippen molar-refractivity contribution >= 4 is 20.6 Å². The Morgan fingerprint density at radius 3 is 2.88 bits per heavy atom. The van der Waals surface area contributed by atoms with Crippen molar-refractivity contribution in [2.45, 2.75) is 13.3 Å². The van der Waals surface area contributed by atoms with Crippen LogP contribution >= 0.6 is 15.9 Å². The van der Waals surface area contributed by atoms with E-state index in [0.29, 0.717) is 0 Å². The van der Waals surface area contributed by atoms with Crippen LogP contribution in [-0.2, 0) is 0 Å². The van der Waals surface area contributed by atoms with Gasteiger partial charge in [-0.1, -0.05) is 12.0 Å². The zero-order chi connectivity index (χ0) is 5.98. The van der Waals surface area contributed by atoms with E-state index < -0.39 is 0 Å². The number of allylic oxidation sites excluding steroid dienone is 2. The number of hydrogen-bond donors (Lipinski definition) is 1. The molecule has 1 aliphatic heterocycles. The molecule has 44 valence electrons. The highest BCUT2D eigenvalue weighted by Gasteiger charge is 2.06. The minimum Gasteiger partial charge on any atom is -0.191 e. The summed E-state index contributed by atoms with van der Waals surface area (Å²) in [4.78, 5) is 0. The van der Waals surface area contributed by atoms with Crippen molar-refractivity contribution < 1.29 is 5.43 Å². The van der Waals surface area contributed by atoms with E-state index in [1.165, 1.54) is 5.70 Å². The molecule has 0 radical (unpaired) electrons. The fourth-order valence-electron chi connectivity index (χ4n) is 0.565. The van der Waals surface area contributed by atoms with E-state index >= 15 is 0 Å². The van der Waals surface area contributed by atoms with E-state index in [9.17, 15) is 0 Å². The second-order valence-electron chi connectivity index (χ2n) is 1.65. The van der Waals surface area contributed by atoms with Gasteiger partial charge in [-0.15, -0.1) is 0 Å². The van der Waals surface area contributed by atoms with Crippen molar-refractivity contribution in [2.75, 3.05) is 0 Å². The largest absolute Gasteiger partial charge is 0.191 e. The molecule has 0 amide bonds. The van der Waals surface area contributed by atoms with Gasteiger partial charge in [-0.2, -0.15) is 5.43 Å². The topological polar surface area (TPSA) is 29.0 Å². The van der Waals surface area contributed by atoms with Crippen molar-refractivity contribution in [3.63, 3.8) is 0 Å². The summed E-state index contributed by atoms with van der Waals surface area (Å²) >= 11 is 3.26. The molecule has 0 aromatic heterocycles. The van der Waals surface area contributed by atoms with Crippen molar-refractivity contribution in [3.8, 4) is 0 Å². The number of rotatable bonds is 1. The zero-order valence-corrected chi connectivity index (χ0v) is 6.27. The molecular formula is C5H8BrN2+. The Hall–Kier alpha value is -0.150. The van der Waals surface area contributed by atoms with Crippen LogP contribution in [0.3, 0.4) is 0 Å². The number of nitrogens with two attached hydrogens (primary N) is 1. The summed E-state index contributed by atoms with van der Waals surface area (Å²) in [7, 11) is 0. The van der Waals surface area contributed by atoms with Gasteiger partial charge in [0.2, 0.25) is 0 Å². The fraction of sp³-hybridized carbons (Fsp3) is 0.400. The van der Waals surface area contributed by atoms with Gasteiger partial charge in [-0.05, 0) is 15.9 Å². The Labute approximate surface area is 56.8 Å². The first-order valence-electron chi connectivity index (χ1n) is 2.60. The fourth-order valence-corrected chi connectivity index (χ4v) is 0.962. The highest BCUT2D eigenvalue weighted by molar-refractivity contribution is 9.18. The number of quaternary nitrogens is 1. The van der Waals surface area contributed by atoms with Crippen molar-refractivity contribution in [1.29, 1.82) is 0 Å². The highest BCUT2D eigenvalue weighted by atomic mass is 79.9. The molecular weight excluding hydrogens is 168 g/mol. The third kappa shape index (κ3) is 1.17. The third-order valence-electron chi connectivity index (χ3n) is 1.07. The Kier molecular flexibility index (Phi) is 1.81. The molecule has 2 nitrogen and oxygen atoms in total. The van der Waals surface area contributed by atoms with Crippen LogP contribution in [0.2, 0.25) is 0 Å². The van der Waals surface area contributed by atoms with Gasteiger partial charge in [0.15, 0.2) is 4.62 Å². The lowest BCUT2D eigenvalue weighted by atomic mass is 10.3. The molecule has 0 atom stereocenters. The van der Waals surface area contributed by atoms with Crippen LogP contribution in [0.5, 0.6) is 0 Å². The van der Waals surface area contributed by atoms with E-state index in [1.54, 1.807) is 0 Å². The molecule has 0 saturated heterocycles.